The number of piperidine rings is 1. The lowest BCUT2D eigenvalue weighted by Gasteiger charge is -2.38. The minimum atomic E-state index is -0.432. The van der Waals surface area contributed by atoms with E-state index in [-0.39, 0.29) is 5.91 Å². The Labute approximate surface area is 175 Å². The molecule has 2 aromatic carbocycles. The van der Waals surface area contributed by atoms with Crippen LogP contribution in [0.3, 0.4) is 0 Å². The molecule has 1 N–H and O–H groups in total. The first kappa shape index (κ1) is 19.7. The molecule has 1 saturated heterocycles. The maximum atomic E-state index is 12.6. The van der Waals surface area contributed by atoms with Gasteiger partial charge in [-0.15, -0.1) is 0 Å². The Kier molecular flexibility index (Phi) is 5.74. The van der Waals surface area contributed by atoms with Crippen molar-refractivity contribution in [2.24, 2.45) is 5.16 Å². The SMILES string of the molecule is COc1cccc(CN2CCCC3(CC(C(=O)Nc4cccc(Cl)c4)=NO3)C2)c1. The van der Waals surface area contributed by atoms with E-state index in [9.17, 15) is 4.79 Å². The smallest absolute Gasteiger partial charge is 0.273 e. The summed E-state index contributed by atoms with van der Waals surface area (Å²) in [5, 5.41) is 7.55. The van der Waals surface area contributed by atoms with Crippen LogP contribution < -0.4 is 10.1 Å². The average molecular weight is 414 g/mol. The monoisotopic (exact) mass is 413 g/mol. The lowest BCUT2D eigenvalue weighted by molar-refractivity contribution is -0.110. The molecule has 1 amide bonds. The molecule has 0 saturated carbocycles. The van der Waals surface area contributed by atoms with Crippen LogP contribution in [0, 0.1) is 0 Å². The highest BCUT2D eigenvalue weighted by atomic mass is 35.5. The molecule has 2 aliphatic rings. The van der Waals surface area contributed by atoms with Crippen LogP contribution in [-0.4, -0.2) is 42.3 Å². The van der Waals surface area contributed by atoms with E-state index >= 15 is 0 Å². The van der Waals surface area contributed by atoms with E-state index in [0.717, 1.165) is 38.2 Å². The van der Waals surface area contributed by atoms with E-state index < -0.39 is 5.60 Å². The number of benzene rings is 2. The number of hydrogen-bond donors (Lipinski definition) is 1. The number of nitrogens with zero attached hydrogens (tertiary/aromatic N) is 2. The van der Waals surface area contributed by atoms with Crippen molar-refractivity contribution in [3.8, 4) is 5.75 Å². The highest BCUT2D eigenvalue weighted by molar-refractivity contribution is 6.43. The molecule has 7 heteroatoms. The van der Waals surface area contributed by atoms with Gasteiger partial charge in [-0.3, -0.25) is 9.69 Å². The van der Waals surface area contributed by atoms with Crippen molar-refractivity contribution in [3.05, 3.63) is 59.1 Å². The van der Waals surface area contributed by atoms with Gasteiger partial charge in [0.15, 0.2) is 5.60 Å². The second-order valence-corrected chi connectivity index (χ2v) is 8.06. The number of oxime groups is 1. The molecule has 0 bridgehead atoms. The Morgan fingerprint density at radius 1 is 1.31 bits per heavy atom. The van der Waals surface area contributed by atoms with Crippen molar-refractivity contribution in [1.29, 1.82) is 0 Å². The molecule has 1 spiro atoms. The van der Waals surface area contributed by atoms with Gasteiger partial charge in [0, 0.05) is 30.2 Å². The number of rotatable bonds is 5. The van der Waals surface area contributed by atoms with Crippen molar-refractivity contribution < 1.29 is 14.4 Å². The number of carbonyl (C=O) groups is 1. The van der Waals surface area contributed by atoms with Gasteiger partial charge < -0.3 is 14.9 Å². The van der Waals surface area contributed by atoms with Gasteiger partial charge in [-0.25, -0.2) is 0 Å². The van der Waals surface area contributed by atoms with Crippen LogP contribution in [0.15, 0.2) is 53.7 Å². The summed E-state index contributed by atoms with van der Waals surface area (Å²) in [6, 6.07) is 15.2. The van der Waals surface area contributed by atoms with Crippen LogP contribution in [0.4, 0.5) is 5.69 Å². The van der Waals surface area contributed by atoms with Crippen LogP contribution >= 0.6 is 11.6 Å². The largest absolute Gasteiger partial charge is 0.497 e. The van der Waals surface area contributed by atoms with Crippen molar-refractivity contribution in [2.45, 2.75) is 31.4 Å². The molecule has 0 aliphatic carbocycles. The van der Waals surface area contributed by atoms with Gasteiger partial charge in [0.2, 0.25) is 0 Å². The van der Waals surface area contributed by atoms with E-state index in [1.165, 1.54) is 5.56 Å². The fraction of sp³-hybridized carbons (Fsp3) is 0.364. The summed E-state index contributed by atoms with van der Waals surface area (Å²) in [7, 11) is 1.68. The molecule has 0 aromatic heterocycles. The van der Waals surface area contributed by atoms with E-state index in [0.29, 0.717) is 22.8 Å². The van der Waals surface area contributed by atoms with Gasteiger partial charge in [0.1, 0.15) is 11.5 Å². The number of methoxy groups -OCH3 is 1. The molecule has 4 rings (SSSR count). The second-order valence-electron chi connectivity index (χ2n) is 7.62. The molecule has 2 heterocycles. The van der Waals surface area contributed by atoms with Crippen molar-refractivity contribution >= 4 is 28.9 Å². The Hall–Kier alpha value is -2.57. The summed E-state index contributed by atoms with van der Waals surface area (Å²) < 4.78 is 5.32. The number of nitrogens with one attached hydrogen (secondary N) is 1. The molecule has 1 fully saturated rings. The zero-order chi connectivity index (χ0) is 20.3. The summed E-state index contributed by atoms with van der Waals surface area (Å²) in [6.07, 6.45) is 2.40. The Morgan fingerprint density at radius 2 is 2.17 bits per heavy atom. The summed E-state index contributed by atoms with van der Waals surface area (Å²) >= 11 is 5.99. The third-order valence-corrected chi connectivity index (χ3v) is 5.58. The lowest BCUT2D eigenvalue weighted by Crippen LogP contribution is -2.48. The van der Waals surface area contributed by atoms with Crippen LogP contribution in [0.1, 0.15) is 24.8 Å². The van der Waals surface area contributed by atoms with Crippen molar-refractivity contribution in [2.75, 3.05) is 25.5 Å². The van der Waals surface area contributed by atoms with E-state index in [1.807, 2.05) is 12.1 Å². The van der Waals surface area contributed by atoms with Gasteiger partial charge in [-0.05, 0) is 55.3 Å². The fourth-order valence-corrected chi connectivity index (χ4v) is 4.18. The number of likely N-dealkylation sites (tertiary alicyclic amines) is 1. The summed E-state index contributed by atoms with van der Waals surface area (Å²) in [6.45, 7) is 2.54. The molecule has 1 unspecified atom stereocenters. The van der Waals surface area contributed by atoms with Crippen LogP contribution in [-0.2, 0) is 16.2 Å². The molecule has 2 aliphatic heterocycles. The minimum absolute atomic E-state index is 0.242. The van der Waals surface area contributed by atoms with Gasteiger partial charge >= 0.3 is 0 Å². The molecule has 0 radical (unpaired) electrons. The molecule has 29 heavy (non-hydrogen) atoms. The third kappa shape index (κ3) is 4.71. The summed E-state index contributed by atoms with van der Waals surface area (Å²) in [5.41, 5.74) is 1.83. The van der Waals surface area contributed by atoms with Gasteiger partial charge in [0.05, 0.1) is 7.11 Å². The predicted octanol–water partition coefficient (Wildman–Crippen LogP) is 4.10. The zero-order valence-electron chi connectivity index (χ0n) is 16.4. The van der Waals surface area contributed by atoms with Gasteiger partial charge in [0.25, 0.3) is 5.91 Å². The molecule has 6 nitrogen and oxygen atoms in total. The van der Waals surface area contributed by atoms with Gasteiger partial charge in [-0.2, -0.15) is 0 Å². The quantitative estimate of drug-likeness (QED) is 0.801. The lowest BCUT2D eigenvalue weighted by atomic mass is 9.88. The molecule has 152 valence electrons. The number of amides is 1. The molecular weight excluding hydrogens is 390 g/mol. The molecule has 2 aromatic rings. The number of hydrogen-bond acceptors (Lipinski definition) is 5. The standard InChI is InChI=1S/C22H24ClN3O3/c1-28-19-8-2-5-16(11-19)14-26-10-4-9-22(15-26)13-20(25-29-22)21(27)24-18-7-3-6-17(23)12-18/h2-3,5-8,11-12H,4,9-10,13-15H2,1H3,(H,24,27). The van der Waals surface area contributed by atoms with Crippen LogP contribution in [0.2, 0.25) is 5.02 Å². The molecular formula is C22H24ClN3O3. The van der Waals surface area contributed by atoms with Crippen molar-refractivity contribution in [3.63, 3.8) is 0 Å². The predicted molar refractivity (Wildman–Crippen MR) is 113 cm³/mol. The number of halogens is 1. The fourth-order valence-electron chi connectivity index (χ4n) is 3.99. The van der Waals surface area contributed by atoms with Crippen LogP contribution in [0.25, 0.3) is 0 Å². The minimum Gasteiger partial charge on any atom is -0.497 e. The summed E-state index contributed by atoms with van der Waals surface area (Å²) in [5.74, 6) is 0.615. The molecule has 1 atom stereocenters. The highest BCUT2D eigenvalue weighted by Crippen LogP contribution is 2.34. The van der Waals surface area contributed by atoms with E-state index in [2.05, 4.69) is 27.5 Å². The number of anilines is 1. The van der Waals surface area contributed by atoms with Crippen LogP contribution in [0.5, 0.6) is 5.75 Å². The first-order valence-electron chi connectivity index (χ1n) is 9.72. The first-order chi connectivity index (χ1) is 14.0. The number of carbonyl (C=O) groups excluding carboxylic acids is 1. The van der Waals surface area contributed by atoms with E-state index in [1.54, 1.807) is 31.4 Å². The topological polar surface area (TPSA) is 63.2 Å². The zero-order valence-corrected chi connectivity index (χ0v) is 17.1. The average Bonchev–Trinajstić information content (AvgIpc) is 3.11. The maximum absolute atomic E-state index is 12.6. The Balaban J connectivity index is 1.37. The van der Waals surface area contributed by atoms with Crippen molar-refractivity contribution in [1.82, 2.24) is 4.90 Å². The normalized spacial score (nSPS) is 21.5. The van der Waals surface area contributed by atoms with E-state index in [4.69, 9.17) is 21.2 Å². The Bertz CT molecular complexity index is 933. The highest BCUT2D eigenvalue weighted by Gasteiger charge is 2.44. The maximum Gasteiger partial charge on any atom is 0.273 e. The first-order valence-corrected chi connectivity index (χ1v) is 10.1. The van der Waals surface area contributed by atoms with Gasteiger partial charge in [-0.1, -0.05) is 35.0 Å². The summed E-state index contributed by atoms with van der Waals surface area (Å²) in [4.78, 5) is 20.8. The number of ether oxygens (including phenoxy) is 1. The second kappa shape index (κ2) is 8.43. The third-order valence-electron chi connectivity index (χ3n) is 5.34. The Morgan fingerprint density at radius 3 is 3.00 bits per heavy atom.